The summed E-state index contributed by atoms with van der Waals surface area (Å²) >= 11 is 0. The van der Waals surface area contributed by atoms with Gasteiger partial charge in [0.05, 0.1) is 7.11 Å². The number of nitrogens with zero attached hydrogens (tertiary/aromatic N) is 2. The Hall–Kier alpha value is -2.39. The molecular weight excluding hydrogens is 346 g/mol. The monoisotopic (exact) mass is 365 g/mol. The van der Waals surface area contributed by atoms with Crippen molar-refractivity contribution in [1.82, 2.24) is 9.29 Å². The lowest BCUT2D eigenvalue weighted by Gasteiger charge is -2.14. The fourth-order valence-electron chi connectivity index (χ4n) is 2.72. The van der Waals surface area contributed by atoms with Crippen LogP contribution in [0.25, 0.3) is 0 Å². The van der Waals surface area contributed by atoms with Crippen LogP contribution in [0.3, 0.4) is 0 Å². The van der Waals surface area contributed by atoms with E-state index in [4.69, 9.17) is 9.15 Å². The smallest absolute Gasteiger partial charge is 0.292 e. The first-order valence-corrected chi connectivity index (χ1v) is 9.28. The lowest BCUT2D eigenvalue weighted by atomic mass is 10.4. The van der Waals surface area contributed by atoms with E-state index in [1.54, 1.807) is 12.1 Å². The second-order valence-electron chi connectivity index (χ2n) is 5.65. The number of pyridine rings is 1. The molecule has 0 aliphatic carbocycles. The quantitative estimate of drug-likeness (QED) is 0.870. The maximum absolute atomic E-state index is 12.7. The number of carbonyl (C=O) groups is 1. The van der Waals surface area contributed by atoms with Crippen LogP contribution in [0.2, 0.25) is 0 Å². The van der Waals surface area contributed by atoms with Crippen molar-refractivity contribution in [2.45, 2.75) is 24.7 Å². The average molecular weight is 365 g/mol. The lowest BCUT2D eigenvalue weighted by Crippen LogP contribution is -2.28. The molecule has 0 spiro atoms. The van der Waals surface area contributed by atoms with Gasteiger partial charge in [-0.1, -0.05) is 0 Å². The second-order valence-corrected chi connectivity index (χ2v) is 7.56. The minimum absolute atomic E-state index is 0.0209. The summed E-state index contributed by atoms with van der Waals surface area (Å²) < 4.78 is 37.2. The molecule has 1 aliphatic rings. The third kappa shape index (κ3) is 3.38. The predicted octanol–water partition coefficient (Wildman–Crippen LogP) is 2.03. The van der Waals surface area contributed by atoms with Gasteiger partial charge in [-0.05, 0) is 31.9 Å². The van der Waals surface area contributed by atoms with Crippen molar-refractivity contribution >= 4 is 21.7 Å². The molecule has 1 saturated heterocycles. The Kier molecular flexibility index (Phi) is 4.78. The van der Waals surface area contributed by atoms with Gasteiger partial charge in [-0.25, -0.2) is 13.4 Å². The number of sulfonamides is 1. The van der Waals surface area contributed by atoms with Crippen LogP contribution in [0.1, 0.15) is 29.2 Å². The summed E-state index contributed by atoms with van der Waals surface area (Å²) in [6, 6.07) is 4.58. The zero-order chi connectivity index (χ0) is 18.0. The Balaban J connectivity index is 1.85. The summed E-state index contributed by atoms with van der Waals surface area (Å²) in [6.45, 7) is 2.50. The summed E-state index contributed by atoms with van der Waals surface area (Å²) in [6.07, 6.45) is 3.18. The van der Waals surface area contributed by atoms with Crippen LogP contribution in [0.4, 0.5) is 5.82 Å². The number of rotatable bonds is 5. The van der Waals surface area contributed by atoms with Crippen LogP contribution in [0.15, 0.2) is 33.7 Å². The van der Waals surface area contributed by atoms with E-state index in [1.807, 2.05) is 0 Å². The summed E-state index contributed by atoms with van der Waals surface area (Å²) in [5, 5.41) is 2.56. The molecule has 2 aromatic heterocycles. The molecule has 3 heterocycles. The highest BCUT2D eigenvalue weighted by molar-refractivity contribution is 7.89. The first-order valence-electron chi connectivity index (χ1n) is 7.84. The molecule has 0 saturated carbocycles. The molecule has 0 unspecified atom stereocenters. The number of methoxy groups -OCH3 is 1. The number of hydrogen-bond donors (Lipinski definition) is 1. The van der Waals surface area contributed by atoms with Crippen LogP contribution in [-0.2, 0) is 10.0 Å². The van der Waals surface area contributed by atoms with E-state index in [0.717, 1.165) is 12.8 Å². The molecule has 3 rings (SSSR count). The standard InChI is InChI=1S/C16H19N3O5S/c1-11-14(25(21,22)19-8-3-4-9-19)10-13(24-11)16(20)18-15-12(23-2)6-5-7-17-15/h5-7,10H,3-4,8-9H2,1-2H3,(H,17,18,20). The van der Waals surface area contributed by atoms with Crippen LogP contribution >= 0.6 is 0 Å². The number of aromatic nitrogens is 1. The molecule has 1 amide bonds. The third-order valence-corrected chi connectivity index (χ3v) is 6.01. The Bertz CT molecular complexity index is 885. The van der Waals surface area contributed by atoms with Gasteiger partial charge in [0.1, 0.15) is 10.7 Å². The van der Waals surface area contributed by atoms with E-state index in [0.29, 0.717) is 18.8 Å². The summed E-state index contributed by atoms with van der Waals surface area (Å²) in [7, 11) is -2.19. The SMILES string of the molecule is COc1cccnc1NC(=O)c1cc(S(=O)(=O)N2CCCC2)c(C)o1. The van der Waals surface area contributed by atoms with Gasteiger partial charge in [-0.3, -0.25) is 4.79 Å². The van der Waals surface area contributed by atoms with Crippen molar-refractivity contribution in [3.05, 3.63) is 35.9 Å². The van der Waals surface area contributed by atoms with Gasteiger partial charge >= 0.3 is 0 Å². The number of hydrogen-bond acceptors (Lipinski definition) is 6. The highest BCUT2D eigenvalue weighted by Crippen LogP contribution is 2.27. The van der Waals surface area contributed by atoms with Gasteiger partial charge in [0.2, 0.25) is 10.0 Å². The van der Waals surface area contributed by atoms with Gasteiger partial charge in [0.15, 0.2) is 17.3 Å². The number of ether oxygens (including phenoxy) is 1. The number of aryl methyl sites for hydroxylation is 1. The second kappa shape index (κ2) is 6.85. The molecule has 8 nitrogen and oxygen atoms in total. The minimum Gasteiger partial charge on any atom is -0.493 e. The summed E-state index contributed by atoms with van der Waals surface area (Å²) in [5.74, 6) is 0.119. The Morgan fingerprint density at radius 3 is 2.76 bits per heavy atom. The van der Waals surface area contributed by atoms with Gasteiger partial charge in [0.25, 0.3) is 5.91 Å². The van der Waals surface area contributed by atoms with E-state index in [-0.39, 0.29) is 22.2 Å². The van der Waals surface area contributed by atoms with Gasteiger partial charge in [0, 0.05) is 25.4 Å². The maximum Gasteiger partial charge on any atom is 0.292 e. The molecule has 1 aliphatic heterocycles. The van der Waals surface area contributed by atoms with Crippen LogP contribution in [0, 0.1) is 6.92 Å². The molecule has 9 heteroatoms. The molecule has 2 aromatic rings. The Morgan fingerprint density at radius 1 is 1.36 bits per heavy atom. The first-order chi connectivity index (χ1) is 11.9. The largest absolute Gasteiger partial charge is 0.493 e. The van der Waals surface area contributed by atoms with Crippen molar-refractivity contribution in [2.24, 2.45) is 0 Å². The maximum atomic E-state index is 12.7. The molecule has 0 bridgehead atoms. The molecule has 25 heavy (non-hydrogen) atoms. The molecule has 134 valence electrons. The van der Waals surface area contributed by atoms with E-state index >= 15 is 0 Å². The molecule has 0 atom stereocenters. The van der Waals surface area contributed by atoms with Crippen LogP contribution in [-0.4, -0.2) is 43.8 Å². The normalized spacial score (nSPS) is 15.3. The fourth-order valence-corrected chi connectivity index (χ4v) is 4.40. The third-order valence-electron chi connectivity index (χ3n) is 4.00. The van der Waals surface area contributed by atoms with Crippen molar-refractivity contribution in [3.8, 4) is 5.75 Å². The number of amides is 1. The van der Waals surface area contributed by atoms with E-state index in [1.165, 1.54) is 30.6 Å². The fraction of sp³-hybridized carbons (Fsp3) is 0.375. The first kappa shape index (κ1) is 17.4. The van der Waals surface area contributed by atoms with Crippen molar-refractivity contribution in [2.75, 3.05) is 25.5 Å². The van der Waals surface area contributed by atoms with Crippen molar-refractivity contribution in [3.63, 3.8) is 0 Å². The zero-order valence-electron chi connectivity index (χ0n) is 14.0. The van der Waals surface area contributed by atoms with Crippen molar-refractivity contribution < 1.29 is 22.4 Å². The molecule has 1 N–H and O–H groups in total. The van der Waals surface area contributed by atoms with Gasteiger partial charge in [-0.15, -0.1) is 0 Å². The molecule has 0 aromatic carbocycles. The van der Waals surface area contributed by atoms with Gasteiger partial charge in [-0.2, -0.15) is 4.31 Å². The Labute approximate surface area is 145 Å². The molecular formula is C16H19N3O5S. The average Bonchev–Trinajstić information content (AvgIpc) is 3.25. The number of nitrogens with one attached hydrogen (secondary N) is 1. The molecule has 0 radical (unpaired) electrons. The predicted molar refractivity (Wildman–Crippen MR) is 90.2 cm³/mol. The van der Waals surface area contributed by atoms with E-state index in [9.17, 15) is 13.2 Å². The van der Waals surface area contributed by atoms with E-state index < -0.39 is 15.9 Å². The summed E-state index contributed by atoms with van der Waals surface area (Å²) in [4.78, 5) is 16.4. The number of anilines is 1. The van der Waals surface area contributed by atoms with Crippen molar-refractivity contribution in [1.29, 1.82) is 0 Å². The Morgan fingerprint density at radius 2 is 2.08 bits per heavy atom. The number of carbonyl (C=O) groups excluding carboxylic acids is 1. The van der Waals surface area contributed by atoms with Crippen LogP contribution < -0.4 is 10.1 Å². The highest BCUT2D eigenvalue weighted by Gasteiger charge is 2.31. The number of furan rings is 1. The summed E-state index contributed by atoms with van der Waals surface area (Å²) in [5.41, 5.74) is 0. The lowest BCUT2D eigenvalue weighted by molar-refractivity contribution is 0.0994. The van der Waals surface area contributed by atoms with Crippen LogP contribution in [0.5, 0.6) is 5.75 Å². The minimum atomic E-state index is -3.65. The topological polar surface area (TPSA) is 102 Å². The zero-order valence-corrected chi connectivity index (χ0v) is 14.8. The van der Waals surface area contributed by atoms with E-state index in [2.05, 4.69) is 10.3 Å². The molecule has 1 fully saturated rings. The van der Waals surface area contributed by atoms with Gasteiger partial charge < -0.3 is 14.5 Å². The highest BCUT2D eigenvalue weighted by atomic mass is 32.2.